The van der Waals surface area contributed by atoms with Gasteiger partial charge in [0, 0.05) is 20.2 Å². The number of amides is 2. The molecule has 1 aromatic carbocycles. The molecule has 21 heavy (non-hydrogen) atoms. The van der Waals surface area contributed by atoms with Gasteiger partial charge in [0.15, 0.2) is 11.5 Å². The second kappa shape index (κ2) is 9.88. The maximum absolute atomic E-state index is 11.4. The zero-order valence-electron chi connectivity index (χ0n) is 12.9. The Morgan fingerprint density at radius 1 is 1.14 bits per heavy atom. The predicted molar refractivity (Wildman–Crippen MR) is 81.1 cm³/mol. The lowest BCUT2D eigenvalue weighted by Crippen LogP contribution is -2.38. The van der Waals surface area contributed by atoms with E-state index in [2.05, 4.69) is 10.6 Å². The maximum Gasteiger partial charge on any atom is 0.314 e. The molecule has 1 aromatic rings. The number of hydrogen-bond donors (Lipinski definition) is 2. The van der Waals surface area contributed by atoms with Crippen molar-refractivity contribution in [3.8, 4) is 11.5 Å². The lowest BCUT2D eigenvalue weighted by molar-refractivity contribution is 0.196. The number of methoxy groups -OCH3 is 2. The average Bonchev–Trinajstić information content (AvgIpc) is 2.49. The molecule has 118 valence electrons. The summed E-state index contributed by atoms with van der Waals surface area (Å²) in [5, 5.41) is 5.49. The smallest absolute Gasteiger partial charge is 0.314 e. The van der Waals surface area contributed by atoms with Crippen LogP contribution in [0.25, 0.3) is 0 Å². The van der Waals surface area contributed by atoms with Gasteiger partial charge >= 0.3 is 6.03 Å². The lowest BCUT2D eigenvalue weighted by Gasteiger charge is -2.11. The molecule has 2 amide bonds. The van der Waals surface area contributed by atoms with Gasteiger partial charge in [-0.2, -0.15) is 0 Å². The van der Waals surface area contributed by atoms with Crippen LogP contribution in [0.3, 0.4) is 0 Å². The monoisotopic (exact) mass is 296 g/mol. The number of nitrogens with one attached hydrogen (secondary N) is 2. The number of rotatable bonds is 9. The molecule has 0 unspecified atom stereocenters. The van der Waals surface area contributed by atoms with Gasteiger partial charge in [0.25, 0.3) is 0 Å². The van der Waals surface area contributed by atoms with E-state index in [1.165, 1.54) is 0 Å². The van der Waals surface area contributed by atoms with Crippen molar-refractivity contribution >= 4 is 6.03 Å². The summed E-state index contributed by atoms with van der Waals surface area (Å²) in [7, 11) is 3.21. The van der Waals surface area contributed by atoms with Crippen molar-refractivity contribution in [3.05, 3.63) is 23.8 Å². The molecule has 0 saturated heterocycles. The Balaban J connectivity index is 2.39. The Hall–Kier alpha value is -1.95. The SMILES string of the molecule is CCOc1ccc(CCNC(=O)NCCOC)cc1OC. The van der Waals surface area contributed by atoms with E-state index >= 15 is 0 Å². The summed E-state index contributed by atoms with van der Waals surface area (Å²) in [6, 6.07) is 5.59. The fourth-order valence-electron chi connectivity index (χ4n) is 1.79. The Kier molecular flexibility index (Phi) is 8.04. The third kappa shape index (κ3) is 6.35. The lowest BCUT2D eigenvalue weighted by atomic mass is 10.1. The van der Waals surface area contributed by atoms with Gasteiger partial charge in [-0.15, -0.1) is 0 Å². The topological polar surface area (TPSA) is 68.8 Å². The van der Waals surface area contributed by atoms with Gasteiger partial charge < -0.3 is 24.8 Å². The van der Waals surface area contributed by atoms with Crippen LogP contribution in [-0.2, 0) is 11.2 Å². The van der Waals surface area contributed by atoms with Gasteiger partial charge in [0.05, 0.1) is 20.3 Å². The summed E-state index contributed by atoms with van der Waals surface area (Å²) in [5.41, 5.74) is 1.08. The van der Waals surface area contributed by atoms with Crippen LogP contribution in [0.15, 0.2) is 18.2 Å². The first-order valence-electron chi connectivity index (χ1n) is 7.01. The highest BCUT2D eigenvalue weighted by Crippen LogP contribution is 2.28. The number of urea groups is 1. The van der Waals surface area contributed by atoms with Gasteiger partial charge in [0.2, 0.25) is 0 Å². The van der Waals surface area contributed by atoms with Crippen molar-refractivity contribution in [2.24, 2.45) is 0 Å². The van der Waals surface area contributed by atoms with Crippen molar-refractivity contribution < 1.29 is 19.0 Å². The van der Waals surface area contributed by atoms with Crippen LogP contribution in [0, 0.1) is 0 Å². The molecule has 0 atom stereocenters. The molecule has 0 radical (unpaired) electrons. The van der Waals surface area contributed by atoms with Crippen LogP contribution in [0.2, 0.25) is 0 Å². The third-order valence-corrected chi connectivity index (χ3v) is 2.82. The summed E-state index contributed by atoms with van der Waals surface area (Å²) in [4.78, 5) is 11.4. The zero-order chi connectivity index (χ0) is 15.5. The summed E-state index contributed by atoms with van der Waals surface area (Å²) >= 11 is 0. The highest BCUT2D eigenvalue weighted by molar-refractivity contribution is 5.73. The molecule has 1 rings (SSSR count). The second-order valence-corrected chi connectivity index (χ2v) is 4.34. The average molecular weight is 296 g/mol. The zero-order valence-corrected chi connectivity index (χ0v) is 12.9. The predicted octanol–water partition coefficient (Wildman–Crippen LogP) is 1.58. The van der Waals surface area contributed by atoms with Crippen LogP contribution >= 0.6 is 0 Å². The van der Waals surface area contributed by atoms with Crippen molar-refractivity contribution in [1.82, 2.24) is 10.6 Å². The number of ether oxygens (including phenoxy) is 3. The number of carbonyl (C=O) groups is 1. The Morgan fingerprint density at radius 2 is 1.90 bits per heavy atom. The summed E-state index contributed by atoms with van der Waals surface area (Å²) in [6.07, 6.45) is 0.723. The molecular weight excluding hydrogens is 272 g/mol. The van der Waals surface area contributed by atoms with Gasteiger partial charge in [-0.1, -0.05) is 6.07 Å². The van der Waals surface area contributed by atoms with E-state index in [-0.39, 0.29) is 6.03 Å². The Bertz CT molecular complexity index is 438. The highest BCUT2D eigenvalue weighted by atomic mass is 16.5. The highest BCUT2D eigenvalue weighted by Gasteiger charge is 2.05. The Labute approximate surface area is 125 Å². The molecule has 0 heterocycles. The molecular formula is C15H24N2O4. The van der Waals surface area contributed by atoms with Crippen molar-refractivity contribution in [2.75, 3.05) is 40.5 Å². The molecule has 0 fully saturated rings. The van der Waals surface area contributed by atoms with E-state index in [0.717, 1.165) is 17.7 Å². The molecule has 6 heteroatoms. The van der Waals surface area contributed by atoms with Crippen molar-refractivity contribution in [2.45, 2.75) is 13.3 Å². The van der Waals surface area contributed by atoms with Crippen molar-refractivity contribution in [3.63, 3.8) is 0 Å². The first-order valence-corrected chi connectivity index (χ1v) is 7.01. The van der Waals surface area contributed by atoms with E-state index in [1.54, 1.807) is 14.2 Å². The maximum atomic E-state index is 11.4. The number of hydrogen-bond acceptors (Lipinski definition) is 4. The summed E-state index contributed by atoms with van der Waals surface area (Å²) in [6.45, 7) is 4.08. The van der Waals surface area contributed by atoms with E-state index in [9.17, 15) is 4.79 Å². The van der Waals surface area contributed by atoms with E-state index in [0.29, 0.717) is 32.1 Å². The Morgan fingerprint density at radius 3 is 2.57 bits per heavy atom. The van der Waals surface area contributed by atoms with Crippen LogP contribution < -0.4 is 20.1 Å². The van der Waals surface area contributed by atoms with Crippen LogP contribution in [0.1, 0.15) is 12.5 Å². The fourth-order valence-corrected chi connectivity index (χ4v) is 1.79. The van der Waals surface area contributed by atoms with Crippen LogP contribution in [0.5, 0.6) is 11.5 Å². The minimum absolute atomic E-state index is 0.190. The molecule has 0 saturated carbocycles. The second-order valence-electron chi connectivity index (χ2n) is 4.34. The van der Waals surface area contributed by atoms with E-state index in [4.69, 9.17) is 14.2 Å². The first kappa shape index (κ1) is 17.1. The quantitative estimate of drug-likeness (QED) is 0.679. The van der Waals surface area contributed by atoms with E-state index in [1.807, 2.05) is 25.1 Å². The molecule has 0 aliphatic carbocycles. The van der Waals surface area contributed by atoms with E-state index < -0.39 is 0 Å². The normalized spacial score (nSPS) is 10.0. The summed E-state index contributed by atoms with van der Waals surface area (Å²) in [5.74, 6) is 1.44. The first-order chi connectivity index (χ1) is 10.2. The molecule has 6 nitrogen and oxygen atoms in total. The molecule has 0 aromatic heterocycles. The van der Waals surface area contributed by atoms with Crippen LogP contribution in [0.4, 0.5) is 4.79 Å². The third-order valence-electron chi connectivity index (χ3n) is 2.82. The van der Waals surface area contributed by atoms with Crippen molar-refractivity contribution in [1.29, 1.82) is 0 Å². The molecule has 2 N–H and O–H groups in total. The molecule has 0 bridgehead atoms. The largest absolute Gasteiger partial charge is 0.493 e. The fraction of sp³-hybridized carbons (Fsp3) is 0.533. The number of carbonyl (C=O) groups excluding carboxylic acids is 1. The minimum Gasteiger partial charge on any atom is -0.493 e. The van der Waals surface area contributed by atoms with Gasteiger partial charge in [-0.05, 0) is 31.0 Å². The van der Waals surface area contributed by atoms with Crippen LogP contribution in [-0.4, -0.2) is 46.6 Å². The van der Waals surface area contributed by atoms with Gasteiger partial charge in [-0.3, -0.25) is 0 Å². The standard InChI is InChI=1S/C15H24N2O4/c1-4-21-13-6-5-12(11-14(13)20-3)7-8-16-15(18)17-9-10-19-2/h5-6,11H,4,7-10H2,1-3H3,(H2,16,17,18). The minimum atomic E-state index is -0.190. The summed E-state index contributed by atoms with van der Waals surface area (Å²) < 4.78 is 15.6. The van der Waals surface area contributed by atoms with Gasteiger partial charge in [-0.25, -0.2) is 4.79 Å². The van der Waals surface area contributed by atoms with Gasteiger partial charge in [0.1, 0.15) is 0 Å². The molecule has 0 aliphatic heterocycles. The molecule has 0 spiro atoms. The molecule has 0 aliphatic rings. The number of benzene rings is 1.